The van der Waals surface area contributed by atoms with Crippen molar-refractivity contribution < 1.29 is 4.74 Å². The number of rotatable bonds is 5. The van der Waals surface area contributed by atoms with Gasteiger partial charge in [-0.15, -0.1) is 0 Å². The Labute approximate surface area is 124 Å². The fourth-order valence-corrected chi connectivity index (χ4v) is 2.68. The minimum Gasteiger partial charge on any atom is -0.476 e. The van der Waals surface area contributed by atoms with Crippen molar-refractivity contribution in [3.63, 3.8) is 0 Å². The number of ether oxygens (including phenoxy) is 1. The van der Waals surface area contributed by atoms with Crippen molar-refractivity contribution in [2.75, 3.05) is 32.0 Å². The number of nitrogen functional groups attached to an aromatic ring is 1. The van der Waals surface area contributed by atoms with E-state index in [0.29, 0.717) is 18.2 Å². The number of anilines is 1. The standard InChI is InChI=1S/C15H21N5O/c1-19-14(4-5-18-19)13-10-12(16)11-17-15(13)21-9-8-20-6-2-3-7-20/h4-5,10-11H,2-3,6-9,16H2,1H3. The molecule has 0 saturated carbocycles. The van der Waals surface area contributed by atoms with E-state index < -0.39 is 0 Å². The number of aryl methyl sites for hydroxylation is 1. The van der Waals surface area contributed by atoms with Gasteiger partial charge in [-0.3, -0.25) is 9.58 Å². The Morgan fingerprint density at radius 3 is 2.86 bits per heavy atom. The summed E-state index contributed by atoms with van der Waals surface area (Å²) < 4.78 is 7.68. The number of likely N-dealkylation sites (tertiary alicyclic amines) is 1. The maximum Gasteiger partial charge on any atom is 0.223 e. The molecule has 1 saturated heterocycles. The summed E-state index contributed by atoms with van der Waals surface area (Å²) in [6, 6.07) is 3.82. The van der Waals surface area contributed by atoms with Crippen molar-refractivity contribution in [3.05, 3.63) is 24.5 Å². The number of hydrogen-bond acceptors (Lipinski definition) is 5. The van der Waals surface area contributed by atoms with Gasteiger partial charge in [-0.1, -0.05) is 0 Å². The second-order valence-electron chi connectivity index (χ2n) is 5.36. The lowest BCUT2D eigenvalue weighted by Gasteiger charge is -2.16. The Hall–Kier alpha value is -2.08. The van der Waals surface area contributed by atoms with E-state index in [1.807, 2.05) is 19.2 Å². The Bertz CT molecular complexity index is 604. The van der Waals surface area contributed by atoms with Crippen LogP contribution in [0.15, 0.2) is 24.5 Å². The van der Waals surface area contributed by atoms with Crippen LogP contribution in [0.4, 0.5) is 5.69 Å². The van der Waals surface area contributed by atoms with Crippen molar-refractivity contribution in [2.45, 2.75) is 12.8 Å². The molecule has 0 radical (unpaired) electrons. The first-order valence-corrected chi connectivity index (χ1v) is 7.33. The Kier molecular flexibility index (Phi) is 4.06. The lowest BCUT2D eigenvalue weighted by Crippen LogP contribution is -2.25. The Morgan fingerprint density at radius 1 is 1.33 bits per heavy atom. The van der Waals surface area contributed by atoms with Gasteiger partial charge >= 0.3 is 0 Å². The summed E-state index contributed by atoms with van der Waals surface area (Å²) >= 11 is 0. The zero-order chi connectivity index (χ0) is 14.7. The zero-order valence-electron chi connectivity index (χ0n) is 12.3. The van der Waals surface area contributed by atoms with Gasteiger partial charge in [0.25, 0.3) is 0 Å². The lowest BCUT2D eigenvalue weighted by atomic mass is 10.2. The highest BCUT2D eigenvalue weighted by atomic mass is 16.5. The van der Waals surface area contributed by atoms with Crippen LogP contribution in [0.3, 0.4) is 0 Å². The molecule has 0 unspecified atom stereocenters. The molecule has 2 N–H and O–H groups in total. The van der Waals surface area contributed by atoms with Crippen LogP contribution in [-0.2, 0) is 7.05 Å². The first-order valence-electron chi connectivity index (χ1n) is 7.33. The SMILES string of the molecule is Cn1nccc1-c1cc(N)cnc1OCCN1CCCC1. The molecule has 21 heavy (non-hydrogen) atoms. The van der Waals surface area contributed by atoms with Crippen LogP contribution in [0.5, 0.6) is 5.88 Å². The van der Waals surface area contributed by atoms with Crippen molar-refractivity contribution in [2.24, 2.45) is 7.05 Å². The van der Waals surface area contributed by atoms with Gasteiger partial charge in [0.15, 0.2) is 0 Å². The van der Waals surface area contributed by atoms with Gasteiger partial charge < -0.3 is 10.5 Å². The molecular weight excluding hydrogens is 266 g/mol. The molecular formula is C15H21N5O. The topological polar surface area (TPSA) is 69.2 Å². The molecule has 1 aliphatic rings. The van der Waals surface area contributed by atoms with Crippen molar-refractivity contribution in [1.29, 1.82) is 0 Å². The Morgan fingerprint density at radius 2 is 2.14 bits per heavy atom. The first kappa shape index (κ1) is 13.9. The third kappa shape index (κ3) is 3.16. The van der Waals surface area contributed by atoms with Gasteiger partial charge in [-0.05, 0) is 38.1 Å². The average molecular weight is 287 g/mol. The minimum atomic E-state index is 0.618. The average Bonchev–Trinajstić information content (AvgIpc) is 3.12. The van der Waals surface area contributed by atoms with Crippen molar-refractivity contribution >= 4 is 5.69 Å². The second kappa shape index (κ2) is 6.13. The molecule has 6 nitrogen and oxygen atoms in total. The quantitative estimate of drug-likeness (QED) is 0.903. The van der Waals surface area contributed by atoms with Crippen LogP contribution in [0, 0.1) is 0 Å². The van der Waals surface area contributed by atoms with E-state index >= 15 is 0 Å². The summed E-state index contributed by atoms with van der Waals surface area (Å²) in [6.07, 6.45) is 5.97. The molecule has 0 aromatic carbocycles. The van der Waals surface area contributed by atoms with Gasteiger partial charge in [0, 0.05) is 19.8 Å². The zero-order valence-corrected chi connectivity index (χ0v) is 12.3. The molecule has 0 amide bonds. The van der Waals surface area contributed by atoms with E-state index in [0.717, 1.165) is 17.8 Å². The normalized spacial score (nSPS) is 15.5. The molecule has 1 fully saturated rings. The summed E-state index contributed by atoms with van der Waals surface area (Å²) in [5.41, 5.74) is 8.31. The maximum absolute atomic E-state index is 5.88. The molecule has 1 aliphatic heterocycles. The predicted molar refractivity (Wildman–Crippen MR) is 82.0 cm³/mol. The number of nitrogens with zero attached hydrogens (tertiary/aromatic N) is 4. The summed E-state index contributed by atoms with van der Waals surface area (Å²) in [4.78, 5) is 6.75. The van der Waals surface area contributed by atoms with Gasteiger partial charge in [0.1, 0.15) is 6.61 Å². The molecule has 0 aliphatic carbocycles. The van der Waals surface area contributed by atoms with E-state index in [2.05, 4.69) is 15.0 Å². The Balaban J connectivity index is 1.73. The van der Waals surface area contributed by atoms with Gasteiger partial charge in [-0.25, -0.2) is 4.98 Å². The maximum atomic E-state index is 5.88. The fraction of sp³-hybridized carbons (Fsp3) is 0.467. The van der Waals surface area contributed by atoms with Crippen molar-refractivity contribution in [3.8, 4) is 17.1 Å². The molecule has 3 rings (SSSR count). The van der Waals surface area contributed by atoms with Crippen LogP contribution < -0.4 is 10.5 Å². The molecule has 6 heteroatoms. The number of aromatic nitrogens is 3. The smallest absolute Gasteiger partial charge is 0.223 e. The largest absolute Gasteiger partial charge is 0.476 e. The van der Waals surface area contributed by atoms with Gasteiger partial charge in [0.05, 0.1) is 23.1 Å². The molecule has 0 spiro atoms. The lowest BCUT2D eigenvalue weighted by molar-refractivity contribution is 0.232. The first-order chi connectivity index (χ1) is 10.2. The van der Waals surface area contributed by atoms with E-state index in [-0.39, 0.29) is 0 Å². The van der Waals surface area contributed by atoms with E-state index in [9.17, 15) is 0 Å². The number of pyridine rings is 1. The van der Waals surface area contributed by atoms with E-state index in [1.165, 1.54) is 25.9 Å². The van der Waals surface area contributed by atoms with Gasteiger partial charge in [0.2, 0.25) is 5.88 Å². The summed E-state index contributed by atoms with van der Waals surface area (Å²) in [7, 11) is 1.90. The second-order valence-corrected chi connectivity index (χ2v) is 5.36. The van der Waals surface area contributed by atoms with Crippen LogP contribution in [0.1, 0.15) is 12.8 Å². The highest BCUT2D eigenvalue weighted by Crippen LogP contribution is 2.29. The fourth-order valence-electron chi connectivity index (χ4n) is 2.68. The minimum absolute atomic E-state index is 0.618. The molecule has 112 valence electrons. The summed E-state index contributed by atoms with van der Waals surface area (Å²) in [6.45, 7) is 3.93. The van der Waals surface area contributed by atoms with Crippen LogP contribution in [0.2, 0.25) is 0 Å². The molecule has 2 aromatic heterocycles. The summed E-state index contributed by atoms with van der Waals surface area (Å²) in [5, 5.41) is 4.19. The van der Waals surface area contributed by atoms with Crippen molar-refractivity contribution in [1.82, 2.24) is 19.7 Å². The number of nitrogens with two attached hydrogens (primary N) is 1. The van der Waals surface area contributed by atoms with E-state index in [4.69, 9.17) is 10.5 Å². The molecule has 3 heterocycles. The van der Waals surface area contributed by atoms with Crippen LogP contribution in [-0.4, -0.2) is 45.9 Å². The molecule has 0 atom stereocenters. The van der Waals surface area contributed by atoms with Crippen LogP contribution in [0.25, 0.3) is 11.3 Å². The third-order valence-corrected chi connectivity index (χ3v) is 3.81. The van der Waals surface area contributed by atoms with Gasteiger partial charge in [-0.2, -0.15) is 5.10 Å². The third-order valence-electron chi connectivity index (χ3n) is 3.81. The van der Waals surface area contributed by atoms with Crippen LogP contribution >= 0.6 is 0 Å². The predicted octanol–water partition coefficient (Wildman–Crippen LogP) is 1.54. The number of hydrogen-bond donors (Lipinski definition) is 1. The summed E-state index contributed by atoms with van der Waals surface area (Å²) in [5.74, 6) is 0.618. The highest BCUT2D eigenvalue weighted by molar-refractivity contribution is 5.68. The molecule has 0 bridgehead atoms. The van der Waals surface area contributed by atoms with E-state index in [1.54, 1.807) is 17.1 Å². The monoisotopic (exact) mass is 287 g/mol. The molecule has 2 aromatic rings. The highest BCUT2D eigenvalue weighted by Gasteiger charge is 2.14.